The maximum Gasteiger partial charge on any atom is 0.191 e. The lowest BCUT2D eigenvalue weighted by Crippen LogP contribution is -2.27. The quantitative estimate of drug-likeness (QED) is 0.781. The van der Waals surface area contributed by atoms with Gasteiger partial charge in [0.15, 0.2) is 5.16 Å². The first-order chi connectivity index (χ1) is 9.31. The van der Waals surface area contributed by atoms with Gasteiger partial charge in [0.1, 0.15) is 5.82 Å². The third kappa shape index (κ3) is 4.49. The van der Waals surface area contributed by atoms with E-state index < -0.39 is 0 Å². The smallest absolute Gasteiger partial charge is 0.191 e. The molecular weight excluding hydrogens is 256 g/mol. The lowest BCUT2D eigenvalue weighted by atomic mass is 10.2. The fourth-order valence-electron chi connectivity index (χ4n) is 2.38. The van der Waals surface area contributed by atoms with Crippen LogP contribution in [0.25, 0.3) is 0 Å². The predicted octanol–water partition coefficient (Wildman–Crippen LogP) is 2.87. The summed E-state index contributed by atoms with van der Waals surface area (Å²) < 4.78 is 2.34. The predicted molar refractivity (Wildman–Crippen MR) is 80.7 cm³/mol. The Labute approximate surface area is 120 Å². The van der Waals surface area contributed by atoms with Crippen LogP contribution in [0.3, 0.4) is 0 Å². The normalized spacial score (nSPS) is 16.9. The number of aryl methyl sites for hydroxylation is 1. The van der Waals surface area contributed by atoms with Crippen LogP contribution in [0.1, 0.15) is 51.8 Å². The molecule has 1 aliphatic heterocycles. The molecule has 108 valence electrons. The largest absolute Gasteiger partial charge is 0.314 e. The summed E-state index contributed by atoms with van der Waals surface area (Å²) in [5.41, 5.74) is 0. The Kier molecular flexibility index (Phi) is 6.17. The average molecular weight is 282 g/mol. The number of nitrogens with one attached hydrogen (secondary N) is 1. The van der Waals surface area contributed by atoms with Gasteiger partial charge in [0.05, 0.1) is 0 Å². The third-order valence-corrected chi connectivity index (χ3v) is 4.60. The van der Waals surface area contributed by atoms with Crippen LogP contribution < -0.4 is 5.32 Å². The number of hydrogen-bond acceptors (Lipinski definition) is 4. The SMILES string of the molecule is CCCNC(C)CCSc1nnc2n1CCCCC2. The minimum Gasteiger partial charge on any atom is -0.314 e. The number of nitrogens with zero attached hydrogens (tertiary/aromatic N) is 3. The van der Waals surface area contributed by atoms with Crippen LogP contribution in [0.5, 0.6) is 0 Å². The van der Waals surface area contributed by atoms with Crippen molar-refractivity contribution in [1.82, 2.24) is 20.1 Å². The summed E-state index contributed by atoms with van der Waals surface area (Å²) in [4.78, 5) is 0. The zero-order valence-corrected chi connectivity index (χ0v) is 13.0. The lowest BCUT2D eigenvalue weighted by molar-refractivity contribution is 0.535. The second-order valence-electron chi connectivity index (χ2n) is 5.35. The number of aromatic nitrogens is 3. The second kappa shape index (κ2) is 7.90. The highest BCUT2D eigenvalue weighted by molar-refractivity contribution is 7.99. The summed E-state index contributed by atoms with van der Waals surface area (Å²) in [6, 6.07) is 0.596. The monoisotopic (exact) mass is 282 g/mol. The van der Waals surface area contributed by atoms with Gasteiger partial charge in [0, 0.05) is 24.8 Å². The Balaban J connectivity index is 1.78. The highest BCUT2D eigenvalue weighted by atomic mass is 32.2. The highest BCUT2D eigenvalue weighted by Gasteiger charge is 2.14. The molecule has 1 aromatic heterocycles. The van der Waals surface area contributed by atoms with Gasteiger partial charge in [0.2, 0.25) is 0 Å². The molecule has 0 radical (unpaired) electrons. The van der Waals surface area contributed by atoms with Gasteiger partial charge < -0.3 is 9.88 Å². The summed E-state index contributed by atoms with van der Waals surface area (Å²) in [5, 5.41) is 13.3. The topological polar surface area (TPSA) is 42.7 Å². The summed E-state index contributed by atoms with van der Waals surface area (Å²) >= 11 is 1.86. The number of hydrogen-bond donors (Lipinski definition) is 1. The maximum atomic E-state index is 4.35. The summed E-state index contributed by atoms with van der Waals surface area (Å²) in [7, 11) is 0. The molecule has 1 atom stereocenters. The summed E-state index contributed by atoms with van der Waals surface area (Å²) in [6.45, 7) is 6.70. The minimum atomic E-state index is 0.596. The molecule has 0 saturated carbocycles. The zero-order chi connectivity index (χ0) is 13.5. The molecule has 0 spiro atoms. The first-order valence-corrected chi connectivity index (χ1v) is 8.58. The van der Waals surface area contributed by atoms with E-state index in [-0.39, 0.29) is 0 Å². The van der Waals surface area contributed by atoms with Crippen molar-refractivity contribution < 1.29 is 0 Å². The van der Waals surface area contributed by atoms with Crippen LogP contribution >= 0.6 is 11.8 Å². The van der Waals surface area contributed by atoms with Gasteiger partial charge in [-0.2, -0.15) is 0 Å². The zero-order valence-electron chi connectivity index (χ0n) is 12.2. The molecule has 4 nitrogen and oxygen atoms in total. The molecule has 0 saturated heterocycles. The Hall–Kier alpha value is -0.550. The second-order valence-corrected chi connectivity index (χ2v) is 6.42. The van der Waals surface area contributed by atoms with Crippen molar-refractivity contribution in [3.8, 4) is 0 Å². The van der Waals surface area contributed by atoms with Gasteiger partial charge in [-0.05, 0) is 39.2 Å². The van der Waals surface area contributed by atoms with E-state index in [2.05, 4.69) is 33.9 Å². The fourth-order valence-corrected chi connectivity index (χ4v) is 3.49. The van der Waals surface area contributed by atoms with Crippen LogP contribution in [0.4, 0.5) is 0 Å². The minimum absolute atomic E-state index is 0.596. The summed E-state index contributed by atoms with van der Waals surface area (Å²) in [5.74, 6) is 2.31. The van der Waals surface area contributed by atoms with Crippen molar-refractivity contribution in [2.75, 3.05) is 12.3 Å². The Morgan fingerprint density at radius 2 is 2.21 bits per heavy atom. The van der Waals surface area contributed by atoms with E-state index in [1.807, 2.05) is 11.8 Å². The van der Waals surface area contributed by atoms with Crippen molar-refractivity contribution in [3.05, 3.63) is 5.82 Å². The molecule has 0 amide bonds. The first kappa shape index (κ1) is 14.9. The number of fused-ring (bicyclic) bond motifs is 1. The molecule has 1 N–H and O–H groups in total. The molecule has 0 aliphatic carbocycles. The van der Waals surface area contributed by atoms with E-state index in [1.165, 1.54) is 37.9 Å². The van der Waals surface area contributed by atoms with E-state index in [0.717, 1.165) is 30.4 Å². The molecule has 0 bridgehead atoms. The van der Waals surface area contributed by atoms with Crippen LogP contribution in [0.2, 0.25) is 0 Å². The summed E-state index contributed by atoms with van der Waals surface area (Å²) in [6.07, 6.45) is 7.35. The maximum absolute atomic E-state index is 4.35. The van der Waals surface area contributed by atoms with E-state index in [1.54, 1.807) is 0 Å². The Bertz CT molecular complexity index is 378. The molecular formula is C14H26N4S. The van der Waals surface area contributed by atoms with E-state index in [4.69, 9.17) is 0 Å². The van der Waals surface area contributed by atoms with Crippen molar-refractivity contribution in [1.29, 1.82) is 0 Å². The van der Waals surface area contributed by atoms with Gasteiger partial charge in [-0.25, -0.2) is 0 Å². The molecule has 5 heteroatoms. The molecule has 2 heterocycles. The van der Waals surface area contributed by atoms with E-state index >= 15 is 0 Å². The molecule has 1 aliphatic rings. The van der Waals surface area contributed by atoms with Gasteiger partial charge in [-0.3, -0.25) is 0 Å². The molecule has 19 heavy (non-hydrogen) atoms. The highest BCUT2D eigenvalue weighted by Crippen LogP contribution is 2.22. The average Bonchev–Trinajstić information content (AvgIpc) is 2.65. The van der Waals surface area contributed by atoms with Crippen LogP contribution in [0, 0.1) is 0 Å². The van der Waals surface area contributed by atoms with Crippen LogP contribution in [-0.2, 0) is 13.0 Å². The van der Waals surface area contributed by atoms with Gasteiger partial charge in [-0.15, -0.1) is 10.2 Å². The van der Waals surface area contributed by atoms with Crippen molar-refractivity contribution in [3.63, 3.8) is 0 Å². The number of rotatable bonds is 7. The molecule has 0 fully saturated rings. The molecule has 2 rings (SSSR count). The van der Waals surface area contributed by atoms with E-state index in [9.17, 15) is 0 Å². The van der Waals surface area contributed by atoms with Crippen molar-refractivity contribution in [2.24, 2.45) is 0 Å². The fraction of sp³-hybridized carbons (Fsp3) is 0.857. The lowest BCUT2D eigenvalue weighted by Gasteiger charge is -2.12. The van der Waals surface area contributed by atoms with Crippen molar-refractivity contribution in [2.45, 2.75) is 70.1 Å². The Morgan fingerprint density at radius 3 is 3.05 bits per heavy atom. The Morgan fingerprint density at radius 1 is 1.32 bits per heavy atom. The third-order valence-electron chi connectivity index (χ3n) is 3.60. The van der Waals surface area contributed by atoms with Crippen LogP contribution in [0.15, 0.2) is 5.16 Å². The molecule has 1 aromatic rings. The van der Waals surface area contributed by atoms with Gasteiger partial charge in [-0.1, -0.05) is 25.1 Å². The first-order valence-electron chi connectivity index (χ1n) is 7.59. The molecule has 1 unspecified atom stereocenters. The molecule has 0 aromatic carbocycles. The van der Waals surface area contributed by atoms with Crippen molar-refractivity contribution >= 4 is 11.8 Å². The standard InChI is InChI=1S/C14H26N4S/c1-3-9-15-12(2)8-11-19-14-17-16-13-7-5-4-6-10-18(13)14/h12,15H,3-11H2,1-2H3. The van der Waals surface area contributed by atoms with Gasteiger partial charge >= 0.3 is 0 Å². The van der Waals surface area contributed by atoms with Gasteiger partial charge in [0.25, 0.3) is 0 Å². The number of thioether (sulfide) groups is 1. The van der Waals surface area contributed by atoms with E-state index in [0.29, 0.717) is 6.04 Å². The van der Waals surface area contributed by atoms with Crippen LogP contribution in [-0.4, -0.2) is 33.1 Å².